The number of nitrogens with two attached hydrogens (primary N) is 2. The molecule has 45 heavy (non-hydrogen) atoms. The average Bonchev–Trinajstić information content (AvgIpc) is 3.11. The van der Waals surface area contributed by atoms with Crippen LogP contribution in [0, 0.1) is 0 Å². The molecule has 0 bridgehead atoms. The molecule has 0 unspecified atom stereocenters. The Hall–Kier alpha value is -4.72. The van der Waals surface area contributed by atoms with Crippen molar-refractivity contribution in [2.24, 2.45) is 11.5 Å². The first kappa shape index (κ1) is 40.3. The SMILES string of the molecule is C=Cc1cc(CCCC=O)ccc1OC.CC.CN.NC=O.c1ccc(COCCc2ccc(Oc3ccccc3)cc2)cc1. The first-order valence-corrected chi connectivity index (χ1v) is 15.0. The molecular formula is C38H50N2O5. The lowest BCUT2D eigenvalue weighted by Gasteiger charge is -2.07. The Morgan fingerprint density at radius 3 is 1.84 bits per heavy atom. The highest BCUT2D eigenvalue weighted by Crippen LogP contribution is 2.22. The number of carbonyl (C=O) groups is 2. The average molecular weight is 615 g/mol. The fourth-order valence-corrected chi connectivity index (χ4v) is 3.79. The van der Waals surface area contributed by atoms with Gasteiger partial charge in [0, 0.05) is 12.0 Å². The van der Waals surface area contributed by atoms with Gasteiger partial charge in [0.1, 0.15) is 23.5 Å². The Morgan fingerprint density at radius 1 is 0.733 bits per heavy atom. The predicted molar refractivity (Wildman–Crippen MR) is 187 cm³/mol. The molecule has 7 nitrogen and oxygen atoms in total. The molecule has 0 spiro atoms. The van der Waals surface area contributed by atoms with Crippen LogP contribution in [0.4, 0.5) is 0 Å². The number of hydrogen-bond donors (Lipinski definition) is 2. The Labute approximate surface area is 269 Å². The van der Waals surface area contributed by atoms with Crippen molar-refractivity contribution in [3.63, 3.8) is 0 Å². The highest BCUT2D eigenvalue weighted by Gasteiger charge is 2.01. The molecule has 1 amide bonds. The third kappa shape index (κ3) is 18.5. The Bertz CT molecular complexity index is 1280. The predicted octanol–water partition coefficient (Wildman–Crippen LogP) is 7.80. The van der Waals surface area contributed by atoms with Gasteiger partial charge < -0.3 is 30.5 Å². The molecule has 0 saturated heterocycles. The smallest absolute Gasteiger partial charge is 0.204 e. The summed E-state index contributed by atoms with van der Waals surface area (Å²) in [5.74, 6) is 2.54. The van der Waals surface area contributed by atoms with Gasteiger partial charge in [-0.25, -0.2) is 0 Å². The molecule has 0 aliphatic rings. The maximum absolute atomic E-state index is 10.2. The van der Waals surface area contributed by atoms with E-state index in [4.69, 9.17) is 19.0 Å². The summed E-state index contributed by atoms with van der Waals surface area (Å²) in [7, 11) is 3.15. The normalized spacial score (nSPS) is 9.09. The lowest BCUT2D eigenvalue weighted by molar-refractivity contribution is -0.108. The number of methoxy groups -OCH3 is 1. The van der Waals surface area contributed by atoms with Gasteiger partial charge in [0.15, 0.2) is 0 Å². The molecule has 4 N–H and O–H groups in total. The number of hydrogen-bond acceptors (Lipinski definition) is 6. The molecule has 0 fully saturated rings. The number of unbranched alkanes of at least 4 members (excludes halogenated alkanes) is 1. The largest absolute Gasteiger partial charge is 0.496 e. The van der Waals surface area contributed by atoms with E-state index in [1.807, 2.05) is 86.6 Å². The standard InChI is InChI=1S/C21H20O2.C13H16O2.C2H6.CH3NO.CH5N/c1-3-7-19(8-4-1)17-22-16-15-18-11-13-21(14-12-18)23-20-9-5-2-6-10-20;1-3-12-10-11(6-4-5-9-14)7-8-13(12)15-2;1-2;2-1-3;1-2/h1-14H,15-17H2;3,7-10H,1,4-6H2,2H3;1-2H3;1H,(H2,2,3);2H2,1H3. The van der Waals surface area contributed by atoms with Gasteiger partial charge in [-0.05, 0) is 79.4 Å². The number of rotatable bonds is 13. The number of carbonyl (C=O) groups excluding carboxylic acids is 2. The van der Waals surface area contributed by atoms with E-state index in [9.17, 15) is 4.79 Å². The number of ether oxygens (including phenoxy) is 3. The van der Waals surface area contributed by atoms with Crippen molar-refractivity contribution in [2.45, 2.75) is 46.1 Å². The zero-order chi connectivity index (χ0) is 33.5. The van der Waals surface area contributed by atoms with Crippen LogP contribution in [0.3, 0.4) is 0 Å². The van der Waals surface area contributed by atoms with Crippen molar-refractivity contribution < 1.29 is 23.8 Å². The molecule has 0 aliphatic carbocycles. The van der Waals surface area contributed by atoms with E-state index in [0.29, 0.717) is 19.6 Å². The molecule has 4 rings (SSSR count). The van der Waals surface area contributed by atoms with Crippen LogP contribution in [0.15, 0.2) is 110 Å². The molecule has 4 aromatic rings. The van der Waals surface area contributed by atoms with Gasteiger partial charge in [0.05, 0.1) is 20.3 Å². The van der Waals surface area contributed by atoms with E-state index >= 15 is 0 Å². The first-order chi connectivity index (χ1) is 22.1. The van der Waals surface area contributed by atoms with E-state index in [2.05, 4.69) is 48.4 Å². The minimum atomic E-state index is 0.250. The van der Waals surface area contributed by atoms with Gasteiger partial charge in [-0.15, -0.1) is 0 Å². The second-order valence-electron chi connectivity index (χ2n) is 8.82. The van der Waals surface area contributed by atoms with Crippen LogP contribution >= 0.6 is 0 Å². The molecule has 0 saturated carbocycles. The number of amides is 1. The maximum atomic E-state index is 10.2. The number of aryl methyl sites for hydroxylation is 1. The minimum Gasteiger partial charge on any atom is -0.496 e. The summed E-state index contributed by atoms with van der Waals surface area (Å²) in [6.45, 7) is 9.12. The van der Waals surface area contributed by atoms with E-state index in [1.165, 1.54) is 23.7 Å². The van der Waals surface area contributed by atoms with Crippen LogP contribution < -0.4 is 20.9 Å². The minimum absolute atomic E-state index is 0.250. The van der Waals surface area contributed by atoms with Gasteiger partial charge in [0.2, 0.25) is 6.41 Å². The van der Waals surface area contributed by atoms with Crippen molar-refractivity contribution in [1.29, 1.82) is 0 Å². The molecular weight excluding hydrogens is 564 g/mol. The van der Waals surface area contributed by atoms with Gasteiger partial charge in [-0.2, -0.15) is 0 Å². The summed E-state index contributed by atoms with van der Waals surface area (Å²) < 4.78 is 16.7. The number of para-hydroxylation sites is 1. The Kier molecular flexibility index (Phi) is 25.1. The molecule has 4 aromatic carbocycles. The van der Waals surface area contributed by atoms with Gasteiger partial charge in [0.25, 0.3) is 0 Å². The molecule has 242 valence electrons. The Morgan fingerprint density at radius 2 is 1.29 bits per heavy atom. The van der Waals surface area contributed by atoms with Crippen LogP contribution in [0.1, 0.15) is 48.9 Å². The lowest BCUT2D eigenvalue weighted by atomic mass is 10.0. The third-order valence-corrected chi connectivity index (χ3v) is 5.85. The molecule has 7 heteroatoms. The highest BCUT2D eigenvalue weighted by atomic mass is 16.5. The van der Waals surface area contributed by atoms with Crippen molar-refractivity contribution >= 4 is 18.8 Å². The van der Waals surface area contributed by atoms with Gasteiger partial charge >= 0.3 is 0 Å². The Balaban J connectivity index is 0.000000761. The van der Waals surface area contributed by atoms with E-state index in [0.717, 1.165) is 48.4 Å². The summed E-state index contributed by atoms with van der Waals surface area (Å²) in [6, 6.07) is 34.2. The molecule has 0 aromatic heterocycles. The van der Waals surface area contributed by atoms with Crippen molar-refractivity contribution in [1.82, 2.24) is 0 Å². The van der Waals surface area contributed by atoms with Crippen LogP contribution in [-0.2, 0) is 33.8 Å². The quantitative estimate of drug-likeness (QED) is 0.117. The zero-order valence-electron chi connectivity index (χ0n) is 27.2. The lowest BCUT2D eigenvalue weighted by Crippen LogP contribution is -1.99. The van der Waals surface area contributed by atoms with Crippen LogP contribution in [0.5, 0.6) is 17.2 Å². The molecule has 0 aliphatic heterocycles. The van der Waals surface area contributed by atoms with E-state index in [-0.39, 0.29) is 6.41 Å². The summed E-state index contributed by atoms with van der Waals surface area (Å²) in [4.78, 5) is 18.8. The molecule has 0 radical (unpaired) electrons. The van der Waals surface area contributed by atoms with E-state index in [1.54, 1.807) is 13.2 Å². The summed E-state index contributed by atoms with van der Waals surface area (Å²) in [5, 5.41) is 0. The molecule has 0 atom stereocenters. The second kappa shape index (κ2) is 28.1. The zero-order valence-corrected chi connectivity index (χ0v) is 27.2. The van der Waals surface area contributed by atoms with Crippen molar-refractivity contribution in [3.05, 3.63) is 132 Å². The number of primary amides is 1. The monoisotopic (exact) mass is 614 g/mol. The van der Waals surface area contributed by atoms with E-state index < -0.39 is 0 Å². The second-order valence-corrected chi connectivity index (χ2v) is 8.82. The summed E-state index contributed by atoms with van der Waals surface area (Å²) in [5.41, 5.74) is 13.3. The van der Waals surface area contributed by atoms with Crippen molar-refractivity contribution in [3.8, 4) is 17.2 Å². The number of benzene rings is 4. The van der Waals surface area contributed by atoms with Crippen LogP contribution in [0.2, 0.25) is 0 Å². The number of aldehydes is 1. The summed E-state index contributed by atoms with van der Waals surface area (Å²) in [6.07, 6.45) is 6.32. The van der Waals surface area contributed by atoms with Gasteiger partial charge in [-0.1, -0.05) is 93.2 Å². The maximum Gasteiger partial charge on any atom is 0.204 e. The first-order valence-electron chi connectivity index (χ1n) is 15.0. The van der Waals surface area contributed by atoms with Crippen molar-refractivity contribution in [2.75, 3.05) is 20.8 Å². The topological polar surface area (TPSA) is 114 Å². The summed E-state index contributed by atoms with van der Waals surface area (Å²) >= 11 is 0. The fourth-order valence-electron chi connectivity index (χ4n) is 3.79. The fraction of sp³-hybridized carbons (Fsp3) is 0.263. The van der Waals surface area contributed by atoms with Crippen LogP contribution in [-0.4, -0.2) is 33.5 Å². The highest BCUT2D eigenvalue weighted by molar-refractivity contribution is 5.57. The van der Waals surface area contributed by atoms with Crippen LogP contribution in [0.25, 0.3) is 6.08 Å². The molecule has 0 heterocycles. The van der Waals surface area contributed by atoms with Gasteiger partial charge in [-0.3, -0.25) is 4.79 Å². The third-order valence-electron chi connectivity index (χ3n) is 5.85.